The van der Waals surface area contributed by atoms with Gasteiger partial charge in [-0.05, 0) is 25.5 Å². The number of hydrogen-bond acceptors (Lipinski definition) is 4. The van der Waals surface area contributed by atoms with E-state index in [1.807, 2.05) is 0 Å². The first kappa shape index (κ1) is 13.8. The Morgan fingerprint density at radius 3 is 2.68 bits per heavy atom. The molecule has 1 aliphatic rings. The summed E-state index contributed by atoms with van der Waals surface area (Å²) in [5, 5.41) is 12.0. The van der Waals surface area contributed by atoms with Crippen LogP contribution in [0.2, 0.25) is 0 Å². The predicted molar refractivity (Wildman–Crippen MR) is 67.2 cm³/mol. The topological polar surface area (TPSA) is 83.5 Å². The number of phenolic OH excluding ortho intramolecular Hbond substituents is 1. The summed E-state index contributed by atoms with van der Waals surface area (Å²) in [6.45, 7) is 1.59. The van der Waals surface area contributed by atoms with Crippen LogP contribution in [-0.4, -0.2) is 36.5 Å². The van der Waals surface area contributed by atoms with Crippen LogP contribution in [0, 0.1) is 5.82 Å². The van der Waals surface area contributed by atoms with Crippen molar-refractivity contribution in [2.75, 3.05) is 11.5 Å². The molecule has 0 spiro atoms. The minimum atomic E-state index is -3.17. The Balaban J connectivity index is 2.23. The van der Waals surface area contributed by atoms with Crippen molar-refractivity contribution in [2.45, 2.75) is 18.9 Å². The van der Waals surface area contributed by atoms with Crippen LogP contribution in [0.1, 0.15) is 23.7 Å². The summed E-state index contributed by atoms with van der Waals surface area (Å²) in [7, 11) is -3.17. The molecule has 1 amide bonds. The van der Waals surface area contributed by atoms with Crippen molar-refractivity contribution in [1.29, 1.82) is 0 Å². The summed E-state index contributed by atoms with van der Waals surface area (Å²) >= 11 is 0. The molecular weight excluding hydrogens is 273 g/mol. The SMILES string of the molecule is CC1(NC(=O)c2c(O)cccc2F)CCS(=O)(=O)C1. The highest BCUT2D eigenvalue weighted by Crippen LogP contribution is 2.25. The summed E-state index contributed by atoms with van der Waals surface area (Å²) in [6, 6.07) is 3.54. The first-order valence-electron chi connectivity index (χ1n) is 5.73. The molecular formula is C12H14FNO4S. The number of halogens is 1. The first-order valence-corrected chi connectivity index (χ1v) is 7.55. The molecule has 2 N–H and O–H groups in total. The van der Waals surface area contributed by atoms with Crippen molar-refractivity contribution < 1.29 is 22.7 Å². The number of carbonyl (C=O) groups is 1. The Kier molecular flexibility index (Phi) is 3.25. The van der Waals surface area contributed by atoms with Gasteiger partial charge in [0.2, 0.25) is 0 Å². The molecule has 0 saturated carbocycles. The maximum Gasteiger partial charge on any atom is 0.258 e. The van der Waals surface area contributed by atoms with Gasteiger partial charge >= 0.3 is 0 Å². The molecule has 1 aromatic carbocycles. The third-order valence-electron chi connectivity index (χ3n) is 3.14. The number of phenols is 1. The highest BCUT2D eigenvalue weighted by molar-refractivity contribution is 7.91. The predicted octanol–water partition coefficient (Wildman–Crippen LogP) is 0.838. The second-order valence-corrected chi connectivity index (χ2v) is 7.17. The fourth-order valence-corrected chi connectivity index (χ4v) is 4.28. The Bertz CT molecular complexity index is 608. The van der Waals surface area contributed by atoms with Crippen molar-refractivity contribution in [2.24, 2.45) is 0 Å². The lowest BCUT2D eigenvalue weighted by molar-refractivity contribution is 0.0908. The highest BCUT2D eigenvalue weighted by atomic mass is 32.2. The van der Waals surface area contributed by atoms with Crippen molar-refractivity contribution >= 4 is 15.7 Å². The van der Waals surface area contributed by atoms with Gasteiger partial charge in [0.05, 0.1) is 17.0 Å². The standard InChI is InChI=1S/C12H14FNO4S/c1-12(5-6-19(17,18)7-12)14-11(16)10-8(13)3-2-4-9(10)15/h2-4,15H,5-7H2,1H3,(H,14,16). The van der Waals surface area contributed by atoms with Crippen LogP contribution in [0.15, 0.2) is 18.2 Å². The molecule has 104 valence electrons. The minimum Gasteiger partial charge on any atom is -0.507 e. The zero-order chi connectivity index (χ0) is 14.3. The molecule has 0 bridgehead atoms. The summed E-state index contributed by atoms with van der Waals surface area (Å²) in [6.07, 6.45) is 0.274. The van der Waals surface area contributed by atoms with Gasteiger partial charge in [0.15, 0.2) is 9.84 Å². The van der Waals surface area contributed by atoms with Gasteiger partial charge in [-0.3, -0.25) is 4.79 Å². The largest absolute Gasteiger partial charge is 0.507 e. The molecule has 0 aliphatic carbocycles. The van der Waals surface area contributed by atoms with Crippen molar-refractivity contribution in [3.8, 4) is 5.75 Å². The molecule has 1 saturated heterocycles. The van der Waals surface area contributed by atoms with Crippen LogP contribution in [-0.2, 0) is 9.84 Å². The zero-order valence-corrected chi connectivity index (χ0v) is 11.1. The lowest BCUT2D eigenvalue weighted by atomic mass is 10.0. The quantitative estimate of drug-likeness (QED) is 0.844. The summed E-state index contributed by atoms with van der Waals surface area (Å²) in [5.74, 6) is -2.31. The second kappa shape index (κ2) is 4.48. The van der Waals surface area contributed by atoms with Gasteiger partial charge in [-0.1, -0.05) is 6.07 Å². The van der Waals surface area contributed by atoms with Crippen LogP contribution >= 0.6 is 0 Å². The third kappa shape index (κ3) is 2.86. The van der Waals surface area contributed by atoms with Crippen LogP contribution in [0.3, 0.4) is 0 Å². The number of sulfone groups is 1. The average Bonchev–Trinajstić information content (AvgIpc) is 2.52. The smallest absolute Gasteiger partial charge is 0.258 e. The molecule has 1 heterocycles. The monoisotopic (exact) mass is 287 g/mol. The zero-order valence-electron chi connectivity index (χ0n) is 10.3. The Hall–Kier alpha value is -1.63. The van der Waals surface area contributed by atoms with Gasteiger partial charge in [0.25, 0.3) is 5.91 Å². The molecule has 19 heavy (non-hydrogen) atoms. The lowest BCUT2D eigenvalue weighted by Crippen LogP contribution is -2.47. The van der Waals surface area contributed by atoms with E-state index in [2.05, 4.69) is 5.32 Å². The lowest BCUT2D eigenvalue weighted by Gasteiger charge is -2.24. The Morgan fingerprint density at radius 2 is 2.16 bits per heavy atom. The maximum absolute atomic E-state index is 13.5. The number of amides is 1. The maximum atomic E-state index is 13.5. The van der Waals surface area contributed by atoms with Gasteiger partial charge in [0, 0.05) is 0 Å². The van der Waals surface area contributed by atoms with E-state index in [1.54, 1.807) is 6.92 Å². The molecule has 7 heteroatoms. The average molecular weight is 287 g/mol. The van der Waals surface area contributed by atoms with E-state index in [1.165, 1.54) is 12.1 Å². The number of benzene rings is 1. The Morgan fingerprint density at radius 1 is 1.47 bits per heavy atom. The molecule has 0 radical (unpaired) electrons. The van der Waals surface area contributed by atoms with Gasteiger partial charge in [-0.15, -0.1) is 0 Å². The van der Waals surface area contributed by atoms with Crippen LogP contribution < -0.4 is 5.32 Å². The van der Waals surface area contributed by atoms with Crippen LogP contribution in [0.25, 0.3) is 0 Å². The van der Waals surface area contributed by atoms with E-state index >= 15 is 0 Å². The van der Waals surface area contributed by atoms with Crippen molar-refractivity contribution in [3.05, 3.63) is 29.6 Å². The molecule has 1 fully saturated rings. The molecule has 1 aromatic rings. The number of aromatic hydroxyl groups is 1. The molecule has 5 nitrogen and oxygen atoms in total. The van der Waals surface area contributed by atoms with Crippen molar-refractivity contribution in [1.82, 2.24) is 5.32 Å². The van der Waals surface area contributed by atoms with E-state index in [-0.39, 0.29) is 17.9 Å². The van der Waals surface area contributed by atoms with Crippen LogP contribution in [0.4, 0.5) is 4.39 Å². The molecule has 1 atom stereocenters. The highest BCUT2D eigenvalue weighted by Gasteiger charge is 2.40. The number of rotatable bonds is 2. The normalized spacial score (nSPS) is 25.2. The summed E-state index contributed by atoms with van der Waals surface area (Å²) in [4.78, 5) is 12.0. The number of carbonyl (C=O) groups excluding carboxylic acids is 1. The fraction of sp³-hybridized carbons (Fsp3) is 0.417. The van der Waals surface area contributed by atoms with Crippen LogP contribution in [0.5, 0.6) is 5.75 Å². The van der Waals surface area contributed by atoms with E-state index in [0.29, 0.717) is 0 Å². The first-order chi connectivity index (χ1) is 8.72. The summed E-state index contributed by atoms with van der Waals surface area (Å²) < 4.78 is 36.4. The van der Waals surface area contributed by atoms with E-state index in [4.69, 9.17) is 0 Å². The molecule has 2 rings (SSSR count). The van der Waals surface area contributed by atoms with Gasteiger partial charge in [0.1, 0.15) is 17.1 Å². The molecule has 0 aromatic heterocycles. The van der Waals surface area contributed by atoms with Gasteiger partial charge in [-0.2, -0.15) is 0 Å². The van der Waals surface area contributed by atoms with Crippen molar-refractivity contribution in [3.63, 3.8) is 0 Å². The van der Waals surface area contributed by atoms with E-state index < -0.39 is 38.4 Å². The fourth-order valence-electron chi connectivity index (χ4n) is 2.18. The number of hydrogen-bond donors (Lipinski definition) is 2. The van der Waals surface area contributed by atoms with E-state index in [9.17, 15) is 22.7 Å². The summed E-state index contributed by atoms with van der Waals surface area (Å²) in [5.41, 5.74) is -1.39. The second-order valence-electron chi connectivity index (χ2n) is 4.99. The number of nitrogens with one attached hydrogen (secondary N) is 1. The third-order valence-corrected chi connectivity index (χ3v) is 5.04. The molecule has 1 aliphatic heterocycles. The minimum absolute atomic E-state index is 0.00691. The van der Waals surface area contributed by atoms with E-state index in [0.717, 1.165) is 6.07 Å². The Labute approximate surface area is 110 Å². The molecule has 1 unspecified atom stereocenters. The van der Waals surface area contributed by atoms with Gasteiger partial charge < -0.3 is 10.4 Å². The van der Waals surface area contributed by atoms with Gasteiger partial charge in [-0.25, -0.2) is 12.8 Å².